The quantitative estimate of drug-likeness (QED) is 0.795. The van der Waals surface area contributed by atoms with E-state index in [1.165, 1.54) is 14.2 Å². The molecule has 2 N–H and O–H groups in total. The van der Waals surface area contributed by atoms with Gasteiger partial charge < -0.3 is 29.7 Å². The predicted octanol–water partition coefficient (Wildman–Crippen LogP) is 3.48. The summed E-state index contributed by atoms with van der Waals surface area (Å²) in [6.07, 6.45) is 1.37. The zero-order valence-electron chi connectivity index (χ0n) is 16.1. The molecular weight excluding hydrogens is 362 g/mol. The summed E-state index contributed by atoms with van der Waals surface area (Å²) >= 11 is 0. The number of nitrogens with zero attached hydrogens (tertiary/aromatic N) is 1. The number of hydrogen-bond acceptors (Lipinski definition) is 5. The van der Waals surface area contributed by atoms with E-state index in [1.807, 2.05) is 0 Å². The van der Waals surface area contributed by atoms with Crippen LogP contribution in [0.15, 0.2) is 36.4 Å². The maximum atomic E-state index is 12.3. The Morgan fingerprint density at radius 1 is 0.893 bits per heavy atom. The van der Waals surface area contributed by atoms with Gasteiger partial charge in [0, 0.05) is 36.5 Å². The Labute approximate surface area is 163 Å². The summed E-state index contributed by atoms with van der Waals surface area (Å²) in [5.74, 6) is 1.69. The molecule has 0 aliphatic carbocycles. The molecule has 0 saturated carbocycles. The first kappa shape index (κ1) is 19.3. The number of benzene rings is 2. The van der Waals surface area contributed by atoms with Crippen molar-refractivity contribution in [2.75, 3.05) is 43.4 Å². The molecule has 1 fully saturated rings. The maximum Gasteiger partial charge on any atom is 0.323 e. The highest BCUT2D eigenvalue weighted by Crippen LogP contribution is 2.34. The van der Waals surface area contributed by atoms with E-state index < -0.39 is 6.03 Å². The number of carbonyl (C=O) groups excluding carboxylic acids is 2. The number of methoxy groups -OCH3 is 3. The first-order chi connectivity index (χ1) is 13.5. The molecule has 1 aliphatic rings. The van der Waals surface area contributed by atoms with Gasteiger partial charge in [0.05, 0.1) is 27.0 Å². The number of carbonyl (C=O) groups is 2. The number of nitrogens with one attached hydrogen (secondary N) is 2. The average Bonchev–Trinajstić information content (AvgIpc) is 3.13. The van der Waals surface area contributed by atoms with E-state index in [2.05, 4.69) is 10.6 Å². The summed E-state index contributed by atoms with van der Waals surface area (Å²) in [5.41, 5.74) is 1.81. The standard InChI is InChI=1S/C20H23N3O5/c1-26-16-9-7-14(12-18(16)28-3)22-20(25)21-13-6-8-15(17(11-13)27-2)23-10-4-5-19(23)24/h6-9,11-12H,4-5,10H2,1-3H3,(H2,21,22,25). The highest BCUT2D eigenvalue weighted by molar-refractivity contribution is 6.01. The topological polar surface area (TPSA) is 89.1 Å². The highest BCUT2D eigenvalue weighted by Gasteiger charge is 2.24. The summed E-state index contributed by atoms with van der Waals surface area (Å²) in [5, 5.41) is 5.49. The van der Waals surface area contributed by atoms with E-state index in [0.29, 0.717) is 47.3 Å². The average molecular weight is 385 g/mol. The van der Waals surface area contributed by atoms with Gasteiger partial charge in [0.2, 0.25) is 5.91 Å². The number of hydrogen-bond donors (Lipinski definition) is 2. The van der Waals surface area contributed by atoms with E-state index in [0.717, 1.165) is 6.42 Å². The molecule has 3 rings (SSSR count). The lowest BCUT2D eigenvalue weighted by atomic mass is 10.2. The summed E-state index contributed by atoms with van der Waals surface area (Å²) in [6.45, 7) is 0.668. The third-order valence-electron chi connectivity index (χ3n) is 4.44. The van der Waals surface area contributed by atoms with Gasteiger partial charge in [-0.15, -0.1) is 0 Å². The van der Waals surface area contributed by atoms with Crippen molar-refractivity contribution in [2.45, 2.75) is 12.8 Å². The van der Waals surface area contributed by atoms with Crippen LogP contribution in [0.1, 0.15) is 12.8 Å². The van der Waals surface area contributed by atoms with Crippen LogP contribution in [0.3, 0.4) is 0 Å². The first-order valence-corrected chi connectivity index (χ1v) is 8.84. The molecule has 0 aromatic heterocycles. The van der Waals surface area contributed by atoms with Crippen molar-refractivity contribution >= 4 is 29.0 Å². The number of urea groups is 1. The molecule has 0 atom stereocenters. The second kappa shape index (κ2) is 8.51. The van der Waals surface area contributed by atoms with Crippen LogP contribution >= 0.6 is 0 Å². The fourth-order valence-corrected chi connectivity index (χ4v) is 3.09. The van der Waals surface area contributed by atoms with Gasteiger partial charge >= 0.3 is 6.03 Å². The van der Waals surface area contributed by atoms with E-state index in [-0.39, 0.29) is 5.91 Å². The van der Waals surface area contributed by atoms with Gasteiger partial charge in [0.15, 0.2) is 11.5 Å². The molecule has 28 heavy (non-hydrogen) atoms. The van der Waals surface area contributed by atoms with Gasteiger partial charge in [-0.1, -0.05) is 0 Å². The highest BCUT2D eigenvalue weighted by atomic mass is 16.5. The van der Waals surface area contributed by atoms with Crippen LogP contribution in [-0.4, -0.2) is 39.8 Å². The Bertz CT molecular complexity index is 884. The van der Waals surface area contributed by atoms with Crippen molar-refractivity contribution in [1.82, 2.24) is 0 Å². The third kappa shape index (κ3) is 4.11. The van der Waals surface area contributed by atoms with Crippen LogP contribution in [0.5, 0.6) is 17.2 Å². The molecule has 2 aromatic rings. The Balaban J connectivity index is 1.71. The van der Waals surface area contributed by atoms with Crippen molar-refractivity contribution in [3.8, 4) is 17.2 Å². The molecule has 2 aromatic carbocycles. The van der Waals surface area contributed by atoms with Crippen molar-refractivity contribution in [3.05, 3.63) is 36.4 Å². The summed E-state index contributed by atoms with van der Waals surface area (Å²) in [6, 6.07) is 9.87. The van der Waals surface area contributed by atoms with Crippen LogP contribution in [0.4, 0.5) is 21.9 Å². The second-order valence-corrected chi connectivity index (χ2v) is 6.18. The zero-order chi connectivity index (χ0) is 20.1. The largest absolute Gasteiger partial charge is 0.494 e. The normalized spacial score (nSPS) is 13.2. The van der Waals surface area contributed by atoms with Crippen LogP contribution in [0, 0.1) is 0 Å². The minimum absolute atomic E-state index is 0.0743. The van der Waals surface area contributed by atoms with Gasteiger partial charge in [-0.2, -0.15) is 0 Å². The predicted molar refractivity (Wildman–Crippen MR) is 107 cm³/mol. The Hall–Kier alpha value is -3.42. The molecule has 0 bridgehead atoms. The molecular formula is C20H23N3O5. The Kier molecular flexibility index (Phi) is 5.88. The SMILES string of the molecule is COc1ccc(NC(=O)Nc2ccc(N3CCCC3=O)c(OC)c2)cc1OC. The van der Waals surface area contributed by atoms with Crippen LogP contribution < -0.4 is 29.7 Å². The third-order valence-corrected chi connectivity index (χ3v) is 4.44. The lowest BCUT2D eigenvalue weighted by Crippen LogP contribution is -2.24. The summed E-state index contributed by atoms with van der Waals surface area (Å²) < 4.78 is 15.8. The molecule has 0 spiro atoms. The Morgan fingerprint density at radius 2 is 1.50 bits per heavy atom. The fourth-order valence-electron chi connectivity index (χ4n) is 3.09. The smallest absolute Gasteiger partial charge is 0.323 e. The number of rotatable bonds is 6. The number of anilines is 3. The summed E-state index contributed by atoms with van der Waals surface area (Å²) in [7, 11) is 4.61. The minimum Gasteiger partial charge on any atom is -0.494 e. The lowest BCUT2D eigenvalue weighted by molar-refractivity contribution is -0.117. The molecule has 0 radical (unpaired) electrons. The lowest BCUT2D eigenvalue weighted by Gasteiger charge is -2.19. The molecule has 8 heteroatoms. The van der Waals surface area contributed by atoms with Crippen molar-refractivity contribution in [2.24, 2.45) is 0 Å². The van der Waals surface area contributed by atoms with Crippen molar-refractivity contribution in [3.63, 3.8) is 0 Å². The molecule has 1 aliphatic heterocycles. The van der Waals surface area contributed by atoms with E-state index in [4.69, 9.17) is 14.2 Å². The number of ether oxygens (including phenoxy) is 3. The van der Waals surface area contributed by atoms with Gasteiger partial charge in [-0.25, -0.2) is 4.79 Å². The van der Waals surface area contributed by atoms with Crippen molar-refractivity contribution in [1.29, 1.82) is 0 Å². The zero-order valence-corrected chi connectivity index (χ0v) is 16.1. The fraction of sp³-hybridized carbons (Fsp3) is 0.300. The van der Waals surface area contributed by atoms with E-state index in [1.54, 1.807) is 48.4 Å². The first-order valence-electron chi connectivity index (χ1n) is 8.84. The maximum absolute atomic E-state index is 12.3. The number of amides is 3. The van der Waals surface area contributed by atoms with E-state index >= 15 is 0 Å². The molecule has 0 unspecified atom stereocenters. The van der Waals surface area contributed by atoms with Gasteiger partial charge in [0.1, 0.15) is 5.75 Å². The van der Waals surface area contributed by atoms with Gasteiger partial charge in [-0.05, 0) is 30.7 Å². The van der Waals surface area contributed by atoms with Crippen LogP contribution in [0.25, 0.3) is 0 Å². The Morgan fingerprint density at radius 3 is 2.07 bits per heavy atom. The van der Waals surface area contributed by atoms with Crippen LogP contribution in [0.2, 0.25) is 0 Å². The van der Waals surface area contributed by atoms with Gasteiger partial charge in [0.25, 0.3) is 0 Å². The summed E-state index contributed by atoms with van der Waals surface area (Å²) in [4.78, 5) is 26.0. The van der Waals surface area contributed by atoms with Crippen LogP contribution in [-0.2, 0) is 4.79 Å². The van der Waals surface area contributed by atoms with E-state index in [9.17, 15) is 9.59 Å². The second-order valence-electron chi connectivity index (χ2n) is 6.18. The molecule has 1 heterocycles. The van der Waals surface area contributed by atoms with Gasteiger partial charge in [-0.3, -0.25) is 4.79 Å². The van der Waals surface area contributed by atoms with Crippen molar-refractivity contribution < 1.29 is 23.8 Å². The molecule has 3 amide bonds. The monoisotopic (exact) mass is 385 g/mol. The minimum atomic E-state index is -0.417. The molecule has 8 nitrogen and oxygen atoms in total. The molecule has 148 valence electrons. The molecule has 1 saturated heterocycles.